The standard InChI is InChI=1S/C21H24N2/c1-23(2)17-9-11-21-19(14-17)18-13-16(8-10-20(18)22-21)12-15-6-4-3-5-7-15/h3-8,10,13,17,22H,9,11-12,14H2,1-2H3. The number of benzene rings is 2. The number of aryl methyl sites for hydroxylation is 1. The average molecular weight is 304 g/mol. The number of H-pyrrole nitrogens is 1. The maximum Gasteiger partial charge on any atom is 0.0459 e. The minimum absolute atomic E-state index is 0.666. The van der Waals surface area contributed by atoms with Gasteiger partial charge in [-0.15, -0.1) is 0 Å². The summed E-state index contributed by atoms with van der Waals surface area (Å²) < 4.78 is 0. The summed E-state index contributed by atoms with van der Waals surface area (Å²) in [5.41, 5.74) is 7.07. The second-order valence-corrected chi connectivity index (χ2v) is 6.98. The number of nitrogens with one attached hydrogen (secondary N) is 1. The van der Waals surface area contributed by atoms with Gasteiger partial charge in [0.2, 0.25) is 0 Å². The first kappa shape index (κ1) is 14.5. The molecule has 0 spiro atoms. The zero-order valence-corrected chi connectivity index (χ0v) is 14.0. The van der Waals surface area contributed by atoms with Crippen LogP contribution >= 0.6 is 0 Å². The first-order chi connectivity index (χ1) is 11.2. The molecule has 0 fully saturated rings. The molecule has 0 bridgehead atoms. The van der Waals surface area contributed by atoms with E-state index in [4.69, 9.17) is 0 Å². The van der Waals surface area contributed by atoms with Crippen LogP contribution in [0.5, 0.6) is 0 Å². The Bertz CT molecular complexity index is 814. The second-order valence-electron chi connectivity index (χ2n) is 6.98. The second kappa shape index (κ2) is 5.86. The third-order valence-electron chi connectivity index (χ3n) is 5.21. The molecule has 1 aromatic heterocycles. The van der Waals surface area contributed by atoms with Gasteiger partial charge in [0, 0.05) is 22.6 Å². The normalized spacial score (nSPS) is 17.6. The van der Waals surface area contributed by atoms with Crippen LogP contribution in [0.2, 0.25) is 0 Å². The lowest BCUT2D eigenvalue weighted by Crippen LogP contribution is -2.33. The lowest BCUT2D eigenvalue weighted by Gasteiger charge is -2.28. The molecule has 1 atom stereocenters. The first-order valence-corrected chi connectivity index (χ1v) is 8.53. The molecule has 1 N–H and O–H groups in total. The highest BCUT2D eigenvalue weighted by Crippen LogP contribution is 2.31. The topological polar surface area (TPSA) is 19.0 Å². The Labute approximate surface area is 138 Å². The van der Waals surface area contributed by atoms with E-state index in [2.05, 4.69) is 72.5 Å². The van der Waals surface area contributed by atoms with Crippen molar-refractivity contribution in [3.8, 4) is 0 Å². The van der Waals surface area contributed by atoms with Crippen molar-refractivity contribution < 1.29 is 0 Å². The van der Waals surface area contributed by atoms with E-state index in [-0.39, 0.29) is 0 Å². The number of rotatable bonds is 3. The summed E-state index contributed by atoms with van der Waals surface area (Å²) in [6.45, 7) is 0. The maximum absolute atomic E-state index is 3.65. The average Bonchev–Trinajstić information content (AvgIpc) is 2.93. The Morgan fingerprint density at radius 3 is 2.65 bits per heavy atom. The lowest BCUT2D eigenvalue weighted by atomic mass is 9.90. The van der Waals surface area contributed by atoms with Crippen LogP contribution in [0.25, 0.3) is 10.9 Å². The number of likely N-dealkylation sites (N-methyl/N-ethyl adjacent to an activating group) is 1. The van der Waals surface area contributed by atoms with E-state index < -0.39 is 0 Å². The third kappa shape index (κ3) is 2.79. The highest BCUT2D eigenvalue weighted by molar-refractivity contribution is 5.85. The van der Waals surface area contributed by atoms with Gasteiger partial charge in [-0.3, -0.25) is 0 Å². The number of aromatic nitrogens is 1. The lowest BCUT2D eigenvalue weighted by molar-refractivity contribution is 0.268. The zero-order valence-electron chi connectivity index (χ0n) is 14.0. The molecule has 2 aromatic carbocycles. The van der Waals surface area contributed by atoms with E-state index in [1.54, 1.807) is 5.56 Å². The highest BCUT2D eigenvalue weighted by atomic mass is 15.1. The van der Waals surface area contributed by atoms with E-state index in [0.29, 0.717) is 6.04 Å². The molecule has 2 heteroatoms. The fraction of sp³-hybridized carbons (Fsp3) is 0.333. The van der Waals surface area contributed by atoms with Crippen LogP contribution in [0.4, 0.5) is 0 Å². The molecule has 4 rings (SSSR count). The Hall–Kier alpha value is -2.06. The van der Waals surface area contributed by atoms with Crippen LogP contribution < -0.4 is 0 Å². The van der Waals surface area contributed by atoms with Crippen LogP contribution in [-0.2, 0) is 19.3 Å². The summed E-state index contributed by atoms with van der Waals surface area (Å²) in [7, 11) is 4.40. The molecule has 2 nitrogen and oxygen atoms in total. The molecule has 0 amide bonds. The van der Waals surface area contributed by atoms with Crippen molar-refractivity contribution >= 4 is 10.9 Å². The Morgan fingerprint density at radius 1 is 1.04 bits per heavy atom. The van der Waals surface area contributed by atoms with Crippen LogP contribution in [0.15, 0.2) is 48.5 Å². The van der Waals surface area contributed by atoms with Gasteiger partial charge < -0.3 is 9.88 Å². The van der Waals surface area contributed by atoms with E-state index >= 15 is 0 Å². The fourth-order valence-electron chi connectivity index (χ4n) is 3.83. The largest absolute Gasteiger partial charge is 0.358 e. The third-order valence-corrected chi connectivity index (χ3v) is 5.21. The van der Waals surface area contributed by atoms with Gasteiger partial charge in [0.15, 0.2) is 0 Å². The predicted octanol–water partition coefficient (Wildman–Crippen LogP) is 4.18. The molecular formula is C21H24N2. The van der Waals surface area contributed by atoms with E-state index in [0.717, 1.165) is 12.8 Å². The van der Waals surface area contributed by atoms with Gasteiger partial charge in [0.05, 0.1) is 0 Å². The van der Waals surface area contributed by atoms with E-state index in [1.165, 1.54) is 40.6 Å². The van der Waals surface area contributed by atoms with Gasteiger partial charge in [-0.05, 0) is 68.6 Å². The number of aromatic amines is 1. The van der Waals surface area contributed by atoms with Crippen molar-refractivity contribution in [2.24, 2.45) is 0 Å². The Morgan fingerprint density at radius 2 is 1.87 bits per heavy atom. The SMILES string of the molecule is CN(C)C1CCc2[nH]c3ccc(Cc4ccccc4)cc3c2C1. The molecule has 118 valence electrons. The molecular weight excluding hydrogens is 280 g/mol. The molecule has 0 radical (unpaired) electrons. The van der Waals surface area contributed by atoms with Crippen molar-refractivity contribution in [1.82, 2.24) is 9.88 Å². The number of hydrogen-bond donors (Lipinski definition) is 1. The summed E-state index contributed by atoms with van der Waals surface area (Å²) >= 11 is 0. The molecule has 1 aliphatic carbocycles. The maximum atomic E-state index is 3.65. The smallest absolute Gasteiger partial charge is 0.0459 e. The summed E-state index contributed by atoms with van der Waals surface area (Å²) in [5.74, 6) is 0. The number of hydrogen-bond acceptors (Lipinski definition) is 1. The fourth-order valence-corrected chi connectivity index (χ4v) is 3.83. The number of fused-ring (bicyclic) bond motifs is 3. The van der Waals surface area contributed by atoms with Crippen molar-refractivity contribution in [2.75, 3.05) is 14.1 Å². The predicted molar refractivity (Wildman–Crippen MR) is 97.0 cm³/mol. The minimum Gasteiger partial charge on any atom is -0.358 e. The molecule has 23 heavy (non-hydrogen) atoms. The zero-order chi connectivity index (χ0) is 15.8. The minimum atomic E-state index is 0.666. The van der Waals surface area contributed by atoms with Gasteiger partial charge in [-0.2, -0.15) is 0 Å². The van der Waals surface area contributed by atoms with Crippen molar-refractivity contribution in [3.05, 3.63) is 70.9 Å². The summed E-state index contributed by atoms with van der Waals surface area (Å²) in [5, 5.41) is 1.43. The quantitative estimate of drug-likeness (QED) is 0.769. The van der Waals surface area contributed by atoms with Crippen LogP contribution in [-0.4, -0.2) is 30.0 Å². The van der Waals surface area contributed by atoms with Crippen molar-refractivity contribution in [3.63, 3.8) is 0 Å². The van der Waals surface area contributed by atoms with Crippen molar-refractivity contribution in [1.29, 1.82) is 0 Å². The monoisotopic (exact) mass is 304 g/mol. The first-order valence-electron chi connectivity index (χ1n) is 8.53. The van der Waals surface area contributed by atoms with Gasteiger partial charge in [-0.25, -0.2) is 0 Å². The van der Waals surface area contributed by atoms with E-state index in [1.807, 2.05) is 0 Å². The summed E-state index contributed by atoms with van der Waals surface area (Å²) in [6.07, 6.45) is 4.59. The van der Waals surface area contributed by atoms with Gasteiger partial charge in [0.1, 0.15) is 0 Å². The van der Waals surface area contributed by atoms with Gasteiger partial charge in [-0.1, -0.05) is 36.4 Å². The van der Waals surface area contributed by atoms with Crippen molar-refractivity contribution in [2.45, 2.75) is 31.7 Å². The molecule has 0 aliphatic heterocycles. The van der Waals surface area contributed by atoms with E-state index in [9.17, 15) is 0 Å². The van der Waals surface area contributed by atoms with Crippen LogP contribution in [0, 0.1) is 0 Å². The van der Waals surface area contributed by atoms with Crippen LogP contribution in [0.1, 0.15) is 28.8 Å². The highest BCUT2D eigenvalue weighted by Gasteiger charge is 2.23. The molecule has 0 saturated heterocycles. The van der Waals surface area contributed by atoms with Crippen LogP contribution in [0.3, 0.4) is 0 Å². The summed E-state index contributed by atoms with van der Waals surface area (Å²) in [6, 6.07) is 18.3. The molecule has 1 aliphatic rings. The number of nitrogens with zero attached hydrogens (tertiary/aromatic N) is 1. The van der Waals surface area contributed by atoms with Gasteiger partial charge >= 0.3 is 0 Å². The molecule has 1 unspecified atom stereocenters. The summed E-state index contributed by atoms with van der Waals surface area (Å²) in [4.78, 5) is 6.02. The Balaban J connectivity index is 1.70. The Kier molecular flexibility index (Phi) is 3.70. The van der Waals surface area contributed by atoms with Gasteiger partial charge in [0.25, 0.3) is 0 Å². The molecule has 1 heterocycles. The molecule has 0 saturated carbocycles. The molecule has 3 aromatic rings.